The molecular formula is C10H8BrClN4O2. The SMILES string of the molecule is Nc1c(Cl)cnn1Cc1ccc(Br)cc1[N+](=O)[O-]. The van der Waals surface area contributed by atoms with E-state index in [1.807, 2.05) is 0 Å². The molecule has 94 valence electrons. The summed E-state index contributed by atoms with van der Waals surface area (Å²) in [5.74, 6) is 0.286. The van der Waals surface area contributed by atoms with Crippen LogP contribution >= 0.6 is 27.5 Å². The second kappa shape index (κ2) is 4.95. The topological polar surface area (TPSA) is 87.0 Å². The number of anilines is 1. The van der Waals surface area contributed by atoms with Gasteiger partial charge in [-0.2, -0.15) is 5.10 Å². The molecule has 0 saturated heterocycles. The molecule has 1 heterocycles. The number of hydrogen-bond donors (Lipinski definition) is 1. The van der Waals surface area contributed by atoms with Gasteiger partial charge in [0, 0.05) is 10.5 Å². The van der Waals surface area contributed by atoms with E-state index in [1.165, 1.54) is 16.9 Å². The van der Waals surface area contributed by atoms with Gasteiger partial charge < -0.3 is 5.73 Å². The van der Waals surface area contributed by atoms with Crippen LogP contribution in [0.4, 0.5) is 11.5 Å². The van der Waals surface area contributed by atoms with Crippen LogP contribution in [0.25, 0.3) is 0 Å². The summed E-state index contributed by atoms with van der Waals surface area (Å²) in [6.45, 7) is 0.197. The molecule has 1 aromatic carbocycles. The van der Waals surface area contributed by atoms with Crippen molar-refractivity contribution in [3.8, 4) is 0 Å². The van der Waals surface area contributed by atoms with E-state index in [0.29, 0.717) is 15.1 Å². The first-order valence-corrected chi connectivity index (χ1v) is 6.05. The molecule has 18 heavy (non-hydrogen) atoms. The fourth-order valence-corrected chi connectivity index (χ4v) is 1.99. The fourth-order valence-electron chi connectivity index (χ4n) is 1.50. The van der Waals surface area contributed by atoms with Gasteiger partial charge in [0.25, 0.3) is 5.69 Å². The molecule has 0 aliphatic carbocycles. The van der Waals surface area contributed by atoms with E-state index >= 15 is 0 Å². The number of aromatic nitrogens is 2. The predicted octanol–water partition coefficient (Wildman–Crippen LogP) is 2.84. The molecule has 0 atom stereocenters. The van der Waals surface area contributed by atoms with Gasteiger partial charge in [-0.3, -0.25) is 10.1 Å². The zero-order valence-electron chi connectivity index (χ0n) is 9.01. The molecule has 0 saturated carbocycles. The Kier molecular flexibility index (Phi) is 3.53. The van der Waals surface area contributed by atoms with Crippen LogP contribution in [-0.2, 0) is 6.54 Å². The minimum Gasteiger partial charge on any atom is -0.383 e. The van der Waals surface area contributed by atoms with Gasteiger partial charge in [0.2, 0.25) is 0 Å². The fraction of sp³-hybridized carbons (Fsp3) is 0.100. The summed E-state index contributed by atoms with van der Waals surface area (Å²) in [6, 6.07) is 4.82. The molecule has 0 fully saturated rings. The van der Waals surface area contributed by atoms with Crippen LogP contribution in [0, 0.1) is 10.1 Å². The predicted molar refractivity (Wildman–Crippen MR) is 71.5 cm³/mol. The molecule has 2 aromatic rings. The summed E-state index contributed by atoms with van der Waals surface area (Å²) in [5.41, 5.74) is 6.21. The Hall–Kier alpha value is -1.60. The lowest BCUT2D eigenvalue weighted by atomic mass is 10.2. The molecule has 0 aliphatic rings. The third-order valence-electron chi connectivity index (χ3n) is 2.40. The van der Waals surface area contributed by atoms with E-state index in [2.05, 4.69) is 21.0 Å². The van der Waals surface area contributed by atoms with Crippen LogP contribution in [0.5, 0.6) is 0 Å². The van der Waals surface area contributed by atoms with Crippen molar-refractivity contribution in [2.75, 3.05) is 5.73 Å². The molecule has 8 heteroatoms. The molecule has 0 radical (unpaired) electrons. The summed E-state index contributed by atoms with van der Waals surface area (Å²) >= 11 is 8.97. The zero-order chi connectivity index (χ0) is 13.3. The summed E-state index contributed by atoms with van der Waals surface area (Å²) in [6.07, 6.45) is 1.40. The number of benzene rings is 1. The molecule has 0 spiro atoms. The third kappa shape index (κ3) is 2.46. The standard InChI is InChI=1S/C10H8BrClN4O2/c11-7-2-1-6(9(3-7)16(17)18)5-15-10(13)8(12)4-14-15/h1-4H,5,13H2. The molecular weight excluding hydrogens is 323 g/mol. The van der Waals surface area contributed by atoms with Crippen molar-refractivity contribution in [2.24, 2.45) is 0 Å². The smallest absolute Gasteiger partial charge is 0.275 e. The first kappa shape index (κ1) is 12.8. The van der Waals surface area contributed by atoms with Crippen LogP contribution in [-0.4, -0.2) is 14.7 Å². The Bertz CT molecular complexity index is 614. The van der Waals surface area contributed by atoms with Gasteiger partial charge in [-0.05, 0) is 12.1 Å². The summed E-state index contributed by atoms with van der Waals surface area (Å²) in [5, 5.41) is 15.2. The molecule has 0 unspecified atom stereocenters. The lowest BCUT2D eigenvalue weighted by Crippen LogP contribution is -2.07. The highest BCUT2D eigenvalue weighted by atomic mass is 79.9. The summed E-state index contributed by atoms with van der Waals surface area (Å²) in [4.78, 5) is 10.5. The third-order valence-corrected chi connectivity index (χ3v) is 3.18. The molecule has 0 aliphatic heterocycles. The van der Waals surface area contributed by atoms with Crippen molar-refractivity contribution < 1.29 is 4.92 Å². The van der Waals surface area contributed by atoms with Crippen LogP contribution in [0.3, 0.4) is 0 Å². The van der Waals surface area contributed by atoms with Crippen LogP contribution < -0.4 is 5.73 Å². The zero-order valence-corrected chi connectivity index (χ0v) is 11.3. The molecule has 0 bridgehead atoms. The highest BCUT2D eigenvalue weighted by molar-refractivity contribution is 9.10. The van der Waals surface area contributed by atoms with Gasteiger partial charge >= 0.3 is 0 Å². The van der Waals surface area contributed by atoms with Crippen LogP contribution in [0.1, 0.15) is 5.56 Å². The Morgan fingerprint density at radius 2 is 2.28 bits per heavy atom. The van der Waals surface area contributed by atoms with E-state index in [1.54, 1.807) is 12.1 Å². The highest BCUT2D eigenvalue weighted by Crippen LogP contribution is 2.26. The minimum atomic E-state index is -0.443. The van der Waals surface area contributed by atoms with E-state index < -0.39 is 4.92 Å². The summed E-state index contributed by atoms with van der Waals surface area (Å²) in [7, 11) is 0. The van der Waals surface area contributed by atoms with E-state index in [0.717, 1.165) is 0 Å². The minimum absolute atomic E-state index is 0.00963. The quantitative estimate of drug-likeness (QED) is 0.692. The Labute approximate surface area is 116 Å². The van der Waals surface area contributed by atoms with Crippen molar-refractivity contribution in [2.45, 2.75) is 6.54 Å². The lowest BCUT2D eigenvalue weighted by molar-refractivity contribution is -0.385. The second-order valence-corrected chi connectivity index (χ2v) is 4.89. The van der Waals surface area contributed by atoms with Gasteiger partial charge in [-0.25, -0.2) is 4.68 Å². The molecule has 2 N–H and O–H groups in total. The Morgan fingerprint density at radius 3 is 2.83 bits per heavy atom. The van der Waals surface area contributed by atoms with Crippen molar-refractivity contribution in [3.05, 3.63) is 49.6 Å². The van der Waals surface area contributed by atoms with E-state index in [9.17, 15) is 10.1 Å². The average molecular weight is 332 g/mol. The maximum absolute atomic E-state index is 11.0. The number of nitrogen functional groups attached to an aromatic ring is 1. The van der Waals surface area contributed by atoms with Crippen molar-refractivity contribution in [3.63, 3.8) is 0 Å². The number of halogens is 2. The highest BCUT2D eigenvalue weighted by Gasteiger charge is 2.16. The number of nitrogens with two attached hydrogens (primary N) is 1. The maximum atomic E-state index is 11.0. The Morgan fingerprint density at radius 1 is 1.56 bits per heavy atom. The molecule has 0 amide bonds. The maximum Gasteiger partial charge on any atom is 0.275 e. The van der Waals surface area contributed by atoms with Crippen molar-refractivity contribution in [1.29, 1.82) is 0 Å². The second-order valence-electron chi connectivity index (χ2n) is 3.57. The largest absolute Gasteiger partial charge is 0.383 e. The Balaban J connectivity index is 2.40. The average Bonchev–Trinajstić information content (AvgIpc) is 2.63. The van der Waals surface area contributed by atoms with Crippen LogP contribution in [0.15, 0.2) is 28.9 Å². The van der Waals surface area contributed by atoms with Crippen molar-refractivity contribution >= 4 is 39.0 Å². The number of nitro groups is 1. The first-order valence-electron chi connectivity index (χ1n) is 4.88. The normalized spacial score (nSPS) is 10.6. The van der Waals surface area contributed by atoms with Gasteiger partial charge in [0.05, 0.1) is 23.2 Å². The monoisotopic (exact) mass is 330 g/mol. The first-order chi connectivity index (χ1) is 8.49. The van der Waals surface area contributed by atoms with Crippen LogP contribution in [0.2, 0.25) is 5.02 Å². The molecule has 2 rings (SSSR count). The van der Waals surface area contributed by atoms with Gasteiger partial charge in [0.1, 0.15) is 10.8 Å². The number of nitrogens with zero attached hydrogens (tertiary/aromatic N) is 3. The van der Waals surface area contributed by atoms with Gasteiger partial charge in [-0.1, -0.05) is 27.5 Å². The lowest BCUT2D eigenvalue weighted by Gasteiger charge is -2.05. The van der Waals surface area contributed by atoms with E-state index in [4.69, 9.17) is 17.3 Å². The van der Waals surface area contributed by atoms with Crippen molar-refractivity contribution in [1.82, 2.24) is 9.78 Å². The number of nitro benzene ring substituents is 1. The number of rotatable bonds is 3. The van der Waals surface area contributed by atoms with Gasteiger partial charge in [0.15, 0.2) is 0 Å². The number of hydrogen-bond acceptors (Lipinski definition) is 4. The molecule has 6 nitrogen and oxygen atoms in total. The van der Waals surface area contributed by atoms with Gasteiger partial charge in [-0.15, -0.1) is 0 Å². The van der Waals surface area contributed by atoms with E-state index in [-0.39, 0.29) is 18.1 Å². The summed E-state index contributed by atoms with van der Waals surface area (Å²) < 4.78 is 2.06. The molecule has 1 aromatic heterocycles.